The molecular weight excluding hydrogens is 1040 g/mol. The predicted octanol–water partition coefficient (Wildman–Crippen LogP) is -2.71. The number of allylic oxidation sites excluding steroid dienone is 1. The molecular formula is C43H62N4O23S3. The highest BCUT2D eigenvalue weighted by Crippen LogP contribution is 2.41. The number of amides is 2. The summed E-state index contributed by atoms with van der Waals surface area (Å²) in [4.78, 5) is 126. The van der Waals surface area contributed by atoms with E-state index in [0.29, 0.717) is 11.8 Å². The molecule has 0 bridgehead atoms. The Morgan fingerprint density at radius 2 is 1.45 bits per heavy atom. The van der Waals surface area contributed by atoms with E-state index >= 15 is 0 Å². The summed E-state index contributed by atoms with van der Waals surface area (Å²) in [5, 5.41) is 71.8. The normalized spacial score (nSPS) is 29.4. The minimum Gasteiger partial charge on any atom is -0.480 e. The van der Waals surface area contributed by atoms with Crippen molar-refractivity contribution < 1.29 is 112 Å². The molecule has 1 aliphatic carbocycles. The van der Waals surface area contributed by atoms with Crippen molar-refractivity contribution in [2.45, 2.75) is 158 Å². The molecule has 2 aliphatic heterocycles. The van der Waals surface area contributed by atoms with Crippen LogP contribution in [-0.2, 0) is 81.1 Å². The number of nitrogens with two attached hydrogens (primary N) is 1. The van der Waals surface area contributed by atoms with E-state index in [1.165, 1.54) is 27.9 Å². The van der Waals surface area contributed by atoms with Crippen molar-refractivity contribution in [3.8, 4) is 0 Å². The molecule has 0 aromatic heterocycles. The van der Waals surface area contributed by atoms with Crippen molar-refractivity contribution >= 4 is 99.3 Å². The number of thiocarbonyl (C=S) groups is 1. The fourth-order valence-corrected chi connectivity index (χ4v) is 10.1. The van der Waals surface area contributed by atoms with Crippen LogP contribution in [0.25, 0.3) is 0 Å². The van der Waals surface area contributed by atoms with Crippen LogP contribution in [0.5, 0.6) is 0 Å². The van der Waals surface area contributed by atoms with Crippen LogP contribution in [0, 0.1) is 5.92 Å². The Bertz CT molecular complexity index is 2180. The summed E-state index contributed by atoms with van der Waals surface area (Å²) in [7, 11) is 1.20. The number of carbonyl (C=O) groups excluding carboxylic acids is 7. The van der Waals surface area contributed by atoms with Crippen LogP contribution in [0.4, 0.5) is 0 Å². The van der Waals surface area contributed by atoms with E-state index in [1.54, 1.807) is 13.8 Å². The number of methoxy groups -OCH3 is 1. The molecule has 0 spiro atoms. The number of ether oxygens (including phenoxy) is 7. The number of aliphatic carboxylic acids is 3. The Morgan fingerprint density at radius 3 is 1.96 bits per heavy atom. The first kappa shape index (κ1) is 62.2. The van der Waals surface area contributed by atoms with Gasteiger partial charge in [-0.2, -0.15) is 11.8 Å². The average molecular weight is 1100 g/mol. The maximum atomic E-state index is 14.7. The third-order valence-corrected chi connectivity index (χ3v) is 14.5. The van der Waals surface area contributed by atoms with Gasteiger partial charge in [-0.25, -0.2) is 19.2 Å². The van der Waals surface area contributed by atoms with Gasteiger partial charge in [0.2, 0.25) is 17.6 Å². The molecule has 3 rings (SSSR count). The third kappa shape index (κ3) is 15.5. The van der Waals surface area contributed by atoms with E-state index in [9.17, 15) is 78.6 Å². The van der Waals surface area contributed by atoms with Gasteiger partial charge in [0, 0.05) is 51.1 Å². The van der Waals surface area contributed by atoms with E-state index in [1.807, 2.05) is 0 Å². The van der Waals surface area contributed by atoms with E-state index in [-0.39, 0.29) is 15.8 Å². The maximum Gasteiger partial charge on any atom is 0.341 e. The number of carboxylic acids is 3. The molecule has 0 aromatic carbocycles. The van der Waals surface area contributed by atoms with E-state index in [2.05, 4.69) is 16.0 Å². The van der Waals surface area contributed by atoms with Crippen LogP contribution < -0.4 is 21.7 Å². The summed E-state index contributed by atoms with van der Waals surface area (Å²) in [5.41, 5.74) is -2.06. The van der Waals surface area contributed by atoms with Crippen LogP contribution in [0.1, 0.15) is 68.2 Å². The Hall–Kier alpha value is -5.05. The van der Waals surface area contributed by atoms with Gasteiger partial charge in [-0.1, -0.05) is 44.8 Å². The highest BCUT2D eigenvalue weighted by atomic mass is 32.2. The molecule has 0 saturated carbocycles. The minimum absolute atomic E-state index is 0.271. The second kappa shape index (κ2) is 26.4. The van der Waals surface area contributed by atoms with E-state index < -0.39 is 186 Å². The summed E-state index contributed by atoms with van der Waals surface area (Å²) in [6, 6.07) is -4.66. The van der Waals surface area contributed by atoms with Gasteiger partial charge >= 0.3 is 35.8 Å². The Labute approximate surface area is 431 Å². The molecule has 2 unspecified atom stereocenters. The van der Waals surface area contributed by atoms with Crippen molar-refractivity contribution in [3.05, 3.63) is 11.3 Å². The first-order chi connectivity index (χ1) is 33.8. The highest BCUT2D eigenvalue weighted by molar-refractivity contribution is 8.23. The lowest BCUT2D eigenvalue weighted by molar-refractivity contribution is -0.344. The molecule has 2 amide bonds. The van der Waals surface area contributed by atoms with Crippen LogP contribution in [0.15, 0.2) is 11.3 Å². The lowest BCUT2D eigenvalue weighted by atomic mass is 9.73. The molecule has 410 valence electrons. The molecule has 30 heteroatoms. The number of aliphatic hydroxyl groups is 3. The first-order valence-corrected chi connectivity index (χ1v) is 24.8. The smallest absolute Gasteiger partial charge is 0.341 e. The number of nitrogens with one attached hydrogen (secondary N) is 3. The van der Waals surface area contributed by atoms with Crippen molar-refractivity contribution in [3.63, 3.8) is 0 Å². The number of hydrogen-bond acceptors (Lipinski definition) is 24. The number of carboxylic acid groups (broad SMARTS) is 3. The van der Waals surface area contributed by atoms with Gasteiger partial charge in [-0.3, -0.25) is 28.8 Å². The summed E-state index contributed by atoms with van der Waals surface area (Å²) in [6.07, 6.45) is -18.2. The zero-order valence-corrected chi connectivity index (χ0v) is 43.5. The fraction of sp³-hybridized carbons (Fsp3) is 0.698. The summed E-state index contributed by atoms with van der Waals surface area (Å²) in [6.45, 7) is 9.42. The number of Topliss-reactive ketones (excluding diaryl/α,β-unsaturated/α-hetero) is 2. The van der Waals surface area contributed by atoms with Crippen LogP contribution >= 0.6 is 35.7 Å². The third-order valence-electron chi connectivity index (χ3n) is 11.9. The quantitative estimate of drug-likeness (QED) is 0.0215. The zero-order chi connectivity index (χ0) is 55.6. The van der Waals surface area contributed by atoms with Crippen molar-refractivity contribution in [1.29, 1.82) is 0 Å². The van der Waals surface area contributed by atoms with Gasteiger partial charge in [-0.05, 0) is 13.8 Å². The van der Waals surface area contributed by atoms with E-state index in [4.69, 9.17) is 51.1 Å². The summed E-state index contributed by atoms with van der Waals surface area (Å²) < 4.78 is 40.5. The number of esters is 3. The van der Waals surface area contributed by atoms with Crippen LogP contribution in [0.2, 0.25) is 0 Å². The molecule has 2 saturated heterocycles. The number of hydrogen-bond donors (Lipinski definition) is 10. The molecule has 27 nitrogen and oxygen atoms in total. The second-order valence-electron chi connectivity index (χ2n) is 17.6. The second-order valence-corrected chi connectivity index (χ2v) is 20.7. The van der Waals surface area contributed by atoms with Gasteiger partial charge in [0.25, 0.3) is 0 Å². The number of carbonyl (C=O) groups is 10. The topological polar surface area (TPSA) is 419 Å². The SMILES string of the molecule is CO[C@H]1C[C@H](O[C@H]2[C@@H](O)[C@H]([C@@]3(O)CC(=O)C(N)=C(C(=O)O)C3=O)O[C@H](COC(C)=O)[C@H]2OC(=O)C(NC(=S)SC[C@H](NC(C)=O)C(=O)O)C(C)SC[C@H](NC(C)=O)C(=O)O)O[C@@H](C)[C@]1(O)[C@H](C)OC(=O)C(C)C. The van der Waals surface area contributed by atoms with Crippen LogP contribution in [-0.4, -0.2) is 209 Å². The van der Waals surface area contributed by atoms with Gasteiger partial charge in [0.05, 0.1) is 30.2 Å². The Morgan fingerprint density at radius 1 is 0.877 bits per heavy atom. The lowest BCUT2D eigenvalue weighted by Crippen LogP contribution is -2.71. The van der Waals surface area contributed by atoms with Crippen molar-refractivity contribution in [2.75, 3.05) is 25.2 Å². The van der Waals surface area contributed by atoms with Gasteiger partial charge in [0.1, 0.15) is 65.1 Å². The molecule has 0 aromatic rings. The number of aliphatic hydroxyl groups excluding tert-OH is 1. The van der Waals surface area contributed by atoms with Crippen molar-refractivity contribution in [1.82, 2.24) is 16.0 Å². The number of ketones is 2. The standard InChI is InChI=1S/C43H62N4O23S3/c1-15(2)39(60)67-18(5)43(63)17(4)66-27(10-26(43)64-9)69-33-31(52)35(42(62)11-24(51)29(44)28(34(42)53)38(58)59)68-25(12-65-21(8)50)32(33)70-40(61)30(16(3)72-13-22(36(54)55)45-19(6)48)47-41(71)73-14-23(37(56)57)46-20(7)49/h15-18,22-23,25-27,30-33,35,52,62-63H,10-14,44H2,1-9H3,(H,45,48)(H,46,49)(H,47,71)(H,54,55)(H,56,57)(H,58,59)/t16?,17-,18-,22-,23-,25+,26-,27-,30?,31+,32+,33-,35+,42+,43-/m0/s1. The largest absolute Gasteiger partial charge is 0.480 e. The fourth-order valence-electron chi connectivity index (χ4n) is 7.94. The first-order valence-electron chi connectivity index (χ1n) is 22.3. The van der Waals surface area contributed by atoms with E-state index in [0.717, 1.165) is 32.5 Å². The van der Waals surface area contributed by atoms with Gasteiger partial charge in [0.15, 0.2) is 29.4 Å². The number of thioether (sulfide) groups is 2. The molecule has 11 N–H and O–H groups in total. The number of rotatable bonds is 23. The van der Waals surface area contributed by atoms with Gasteiger partial charge < -0.3 is 85.5 Å². The zero-order valence-electron chi connectivity index (χ0n) is 41.0. The Kier molecular flexibility index (Phi) is 22.5. The van der Waals surface area contributed by atoms with Gasteiger partial charge in [-0.15, -0.1) is 0 Å². The summed E-state index contributed by atoms with van der Waals surface area (Å²) in [5.74, 6) is -13.6. The minimum atomic E-state index is -3.26. The van der Waals surface area contributed by atoms with Crippen LogP contribution in [0.3, 0.4) is 0 Å². The maximum absolute atomic E-state index is 14.7. The van der Waals surface area contributed by atoms with Crippen molar-refractivity contribution in [2.24, 2.45) is 11.7 Å². The Balaban J connectivity index is 2.22. The predicted molar refractivity (Wildman–Crippen MR) is 254 cm³/mol. The monoisotopic (exact) mass is 1100 g/mol. The average Bonchev–Trinajstić information content (AvgIpc) is 3.28. The molecule has 2 heterocycles. The molecule has 3 aliphatic rings. The summed E-state index contributed by atoms with van der Waals surface area (Å²) >= 11 is 6.90. The lowest BCUT2D eigenvalue weighted by Gasteiger charge is -2.52. The molecule has 0 radical (unpaired) electrons. The molecule has 2 fully saturated rings. The molecule has 15 atom stereocenters. The molecule has 73 heavy (non-hydrogen) atoms. The highest BCUT2D eigenvalue weighted by Gasteiger charge is 2.63.